The van der Waals surface area contributed by atoms with Crippen LogP contribution in [-0.2, 0) is 4.79 Å². The number of anilines is 1. The Morgan fingerprint density at radius 3 is 2.95 bits per heavy atom. The summed E-state index contributed by atoms with van der Waals surface area (Å²) in [5.41, 5.74) is 2.08. The summed E-state index contributed by atoms with van der Waals surface area (Å²) >= 11 is 3.48. The van der Waals surface area contributed by atoms with Crippen LogP contribution in [0.2, 0.25) is 0 Å². The number of hydrogen-bond donors (Lipinski definition) is 2. The monoisotopic (exact) mass is 337 g/mol. The number of rotatable bonds is 1. The van der Waals surface area contributed by atoms with Crippen molar-refractivity contribution in [3.05, 3.63) is 29.6 Å². The van der Waals surface area contributed by atoms with Crippen molar-refractivity contribution in [2.45, 2.75) is 32.0 Å². The van der Waals surface area contributed by atoms with Crippen molar-refractivity contribution in [1.82, 2.24) is 9.88 Å². The molecule has 0 bridgehead atoms. The van der Waals surface area contributed by atoms with Gasteiger partial charge in [-0.15, -0.1) is 0 Å². The molecule has 106 valence electrons. The number of aliphatic hydroxyl groups is 1. The number of β-amino-alcohol motifs (C(OH)–C–C–N with tert-alkyl or cyclic N) is 1. The Morgan fingerprint density at radius 1 is 1.50 bits per heavy atom. The number of aromatic nitrogens is 1. The van der Waals surface area contributed by atoms with Crippen LogP contribution in [0.1, 0.15) is 25.5 Å². The molecule has 1 unspecified atom stereocenters. The number of halogens is 1. The molecule has 1 aromatic heterocycles. The normalized spacial score (nSPS) is 27.2. The van der Waals surface area contributed by atoms with E-state index in [-0.39, 0.29) is 11.9 Å². The average molecular weight is 338 g/mol. The van der Waals surface area contributed by atoms with Crippen molar-refractivity contribution in [2.75, 3.05) is 11.9 Å². The number of nitrogens with zero attached hydrogens (tertiary/aromatic N) is 2. The van der Waals surface area contributed by atoms with Gasteiger partial charge in [-0.3, -0.25) is 9.78 Å². The fraction of sp³-hybridized carbons (Fsp3) is 0.429. The Labute approximate surface area is 125 Å². The fourth-order valence-corrected chi connectivity index (χ4v) is 2.87. The summed E-state index contributed by atoms with van der Waals surface area (Å²) in [5.74, 6) is -0.132. The Kier molecular flexibility index (Phi) is 3.52. The van der Waals surface area contributed by atoms with Gasteiger partial charge >= 0.3 is 0 Å². The summed E-state index contributed by atoms with van der Waals surface area (Å²) in [6, 6.07) is 3.87. The molecule has 1 saturated carbocycles. The first kappa shape index (κ1) is 13.6. The Hall–Kier alpha value is -1.40. The highest BCUT2D eigenvalue weighted by atomic mass is 79.9. The molecule has 2 aliphatic rings. The third-order valence-electron chi connectivity index (χ3n) is 3.64. The molecule has 1 aromatic rings. The average Bonchev–Trinajstić information content (AvgIpc) is 3.27. The zero-order valence-electron chi connectivity index (χ0n) is 11.1. The van der Waals surface area contributed by atoms with Crippen LogP contribution in [-0.4, -0.2) is 39.7 Å². The van der Waals surface area contributed by atoms with E-state index in [1.54, 1.807) is 18.0 Å². The number of nitrogens with one attached hydrogen (secondary N) is 1. The third kappa shape index (κ3) is 2.33. The minimum absolute atomic E-state index is 0.132. The summed E-state index contributed by atoms with van der Waals surface area (Å²) in [6.45, 7) is 2.06. The molecule has 1 amide bonds. The summed E-state index contributed by atoms with van der Waals surface area (Å²) in [5, 5.41) is 13.5. The molecule has 1 aliphatic heterocycles. The molecule has 1 fully saturated rings. The fourth-order valence-electron chi connectivity index (χ4n) is 2.38. The summed E-state index contributed by atoms with van der Waals surface area (Å²) in [6.07, 6.45) is 2.78. The third-order valence-corrected chi connectivity index (χ3v) is 4.61. The first-order chi connectivity index (χ1) is 9.59. The van der Waals surface area contributed by atoms with Crippen LogP contribution < -0.4 is 5.32 Å². The first-order valence-corrected chi connectivity index (χ1v) is 7.45. The maximum atomic E-state index is 12.6. The van der Waals surface area contributed by atoms with E-state index < -0.39 is 6.23 Å². The molecule has 6 heteroatoms. The number of hydrogen-bond acceptors (Lipinski definition) is 4. The SMILES string of the molecule is C/C1=C(/Br)c2ncccc2NCC(O)N(C2CC2)C1=O. The number of fused-ring (bicyclic) bond motifs is 1. The minimum atomic E-state index is -0.823. The lowest BCUT2D eigenvalue weighted by Gasteiger charge is -2.28. The van der Waals surface area contributed by atoms with Crippen molar-refractivity contribution in [1.29, 1.82) is 0 Å². The largest absolute Gasteiger partial charge is 0.379 e. The second-order valence-electron chi connectivity index (χ2n) is 5.14. The topological polar surface area (TPSA) is 65.5 Å². The van der Waals surface area contributed by atoms with Gasteiger partial charge in [-0.05, 0) is 47.8 Å². The molecule has 0 radical (unpaired) electrons. The van der Waals surface area contributed by atoms with Crippen LogP contribution >= 0.6 is 15.9 Å². The van der Waals surface area contributed by atoms with E-state index in [1.165, 1.54) is 0 Å². The van der Waals surface area contributed by atoms with E-state index in [4.69, 9.17) is 0 Å². The maximum absolute atomic E-state index is 12.6. The van der Waals surface area contributed by atoms with Gasteiger partial charge in [0.15, 0.2) is 0 Å². The van der Waals surface area contributed by atoms with Gasteiger partial charge in [0.1, 0.15) is 11.9 Å². The van der Waals surface area contributed by atoms with Crippen molar-refractivity contribution < 1.29 is 9.90 Å². The van der Waals surface area contributed by atoms with Crippen molar-refractivity contribution in [3.8, 4) is 0 Å². The van der Waals surface area contributed by atoms with Crippen molar-refractivity contribution >= 4 is 32.0 Å². The van der Waals surface area contributed by atoms with Gasteiger partial charge in [0.2, 0.25) is 0 Å². The number of aliphatic hydroxyl groups excluding tert-OH is 1. The number of amides is 1. The quantitative estimate of drug-likeness (QED) is 0.821. The van der Waals surface area contributed by atoms with Crippen molar-refractivity contribution in [3.63, 3.8) is 0 Å². The lowest BCUT2D eigenvalue weighted by Crippen LogP contribution is -2.45. The van der Waals surface area contributed by atoms with Gasteiger partial charge < -0.3 is 15.3 Å². The highest BCUT2D eigenvalue weighted by Crippen LogP contribution is 2.35. The lowest BCUT2D eigenvalue weighted by molar-refractivity contribution is -0.137. The maximum Gasteiger partial charge on any atom is 0.253 e. The second-order valence-corrected chi connectivity index (χ2v) is 5.94. The molecule has 2 N–H and O–H groups in total. The Morgan fingerprint density at radius 2 is 2.25 bits per heavy atom. The minimum Gasteiger partial charge on any atom is -0.379 e. The lowest BCUT2D eigenvalue weighted by atomic mass is 10.2. The highest BCUT2D eigenvalue weighted by molar-refractivity contribution is 9.15. The van der Waals surface area contributed by atoms with Gasteiger partial charge in [0.05, 0.1) is 16.7 Å². The highest BCUT2D eigenvalue weighted by Gasteiger charge is 2.38. The zero-order chi connectivity index (χ0) is 14.3. The van der Waals surface area contributed by atoms with E-state index >= 15 is 0 Å². The van der Waals surface area contributed by atoms with Crippen LogP contribution in [0.4, 0.5) is 5.69 Å². The Balaban J connectivity index is 2.07. The molecular formula is C14H16BrN3O2. The van der Waals surface area contributed by atoms with E-state index in [0.29, 0.717) is 22.3 Å². The first-order valence-electron chi connectivity index (χ1n) is 6.66. The number of carbonyl (C=O) groups excluding carboxylic acids is 1. The van der Waals surface area contributed by atoms with E-state index in [2.05, 4.69) is 26.2 Å². The number of pyridine rings is 1. The molecule has 2 heterocycles. The van der Waals surface area contributed by atoms with Gasteiger partial charge in [0, 0.05) is 17.8 Å². The number of carbonyl (C=O) groups is 1. The van der Waals surface area contributed by atoms with Crippen LogP contribution in [0, 0.1) is 0 Å². The molecule has 0 spiro atoms. The summed E-state index contributed by atoms with van der Waals surface area (Å²) in [4.78, 5) is 18.5. The summed E-state index contributed by atoms with van der Waals surface area (Å²) < 4.78 is 0.672. The van der Waals surface area contributed by atoms with Crippen molar-refractivity contribution in [2.24, 2.45) is 0 Å². The Bertz CT molecular complexity index is 584. The van der Waals surface area contributed by atoms with E-state index in [0.717, 1.165) is 18.5 Å². The predicted octanol–water partition coefficient (Wildman–Crippen LogP) is 1.94. The predicted molar refractivity (Wildman–Crippen MR) is 80.1 cm³/mol. The van der Waals surface area contributed by atoms with Crippen LogP contribution in [0.5, 0.6) is 0 Å². The molecule has 1 atom stereocenters. The van der Waals surface area contributed by atoms with Gasteiger partial charge in [0.25, 0.3) is 5.91 Å². The summed E-state index contributed by atoms with van der Waals surface area (Å²) in [7, 11) is 0. The van der Waals surface area contributed by atoms with E-state index in [9.17, 15) is 9.90 Å². The zero-order valence-corrected chi connectivity index (χ0v) is 12.7. The van der Waals surface area contributed by atoms with E-state index in [1.807, 2.05) is 12.1 Å². The molecular weight excluding hydrogens is 322 g/mol. The van der Waals surface area contributed by atoms with Gasteiger partial charge in [-0.2, -0.15) is 0 Å². The molecule has 1 aliphatic carbocycles. The molecule has 3 rings (SSSR count). The molecule has 5 nitrogen and oxygen atoms in total. The van der Waals surface area contributed by atoms with Crippen LogP contribution in [0.15, 0.2) is 23.9 Å². The molecule has 20 heavy (non-hydrogen) atoms. The van der Waals surface area contributed by atoms with Gasteiger partial charge in [-0.25, -0.2) is 0 Å². The van der Waals surface area contributed by atoms with Crippen LogP contribution in [0.3, 0.4) is 0 Å². The standard InChI is InChI=1S/C14H16BrN3O2/c1-8-12(15)13-10(3-2-6-16-13)17-7-11(19)18(14(8)20)9-4-5-9/h2-3,6,9,11,17,19H,4-5,7H2,1H3/b12-8-. The molecule has 0 aromatic carbocycles. The molecule has 0 saturated heterocycles. The van der Waals surface area contributed by atoms with Gasteiger partial charge in [-0.1, -0.05) is 0 Å². The smallest absolute Gasteiger partial charge is 0.253 e. The second kappa shape index (κ2) is 5.18. The van der Waals surface area contributed by atoms with Crippen LogP contribution in [0.25, 0.3) is 4.48 Å².